The van der Waals surface area contributed by atoms with Crippen molar-refractivity contribution in [2.45, 2.75) is 6.54 Å². The molecule has 0 spiro atoms. The van der Waals surface area contributed by atoms with Gasteiger partial charge in [0.2, 0.25) is 5.91 Å². The summed E-state index contributed by atoms with van der Waals surface area (Å²) in [7, 11) is 0. The second kappa shape index (κ2) is 6.09. The highest BCUT2D eigenvalue weighted by Gasteiger charge is 2.24. The fraction of sp³-hybridized carbons (Fsp3) is 0.364. The molecule has 1 heterocycles. The molecule has 1 aliphatic rings. The van der Waals surface area contributed by atoms with Crippen molar-refractivity contribution >= 4 is 29.9 Å². The fourth-order valence-electron chi connectivity index (χ4n) is 1.41. The summed E-state index contributed by atoms with van der Waals surface area (Å²) >= 11 is 5.76. The number of carbonyl (C=O) groups is 1. The van der Waals surface area contributed by atoms with E-state index in [0.29, 0.717) is 11.6 Å². The zero-order valence-electron chi connectivity index (χ0n) is 8.70. The van der Waals surface area contributed by atoms with Crippen LogP contribution in [0.2, 0.25) is 5.02 Å². The largest absolute Gasteiger partial charge is 0.352 e. The molecule has 3 nitrogen and oxygen atoms in total. The van der Waals surface area contributed by atoms with E-state index in [1.807, 2.05) is 24.3 Å². The minimum Gasteiger partial charge on any atom is -0.352 e. The van der Waals surface area contributed by atoms with E-state index in [4.69, 9.17) is 11.6 Å². The Balaban J connectivity index is 0.00000128. The van der Waals surface area contributed by atoms with Crippen LogP contribution in [-0.4, -0.2) is 19.0 Å². The Hall–Kier alpha value is -0.770. The standard InChI is InChI=1S/C11H13ClN2O.ClH/c12-10-3-1-8(2-4-10)5-14-11(15)9-6-13-7-9;/h1-4,9,13H,5-7H2,(H,14,15);1H. The third-order valence-electron chi connectivity index (χ3n) is 2.53. The molecule has 1 amide bonds. The van der Waals surface area contributed by atoms with Gasteiger partial charge in [0.25, 0.3) is 0 Å². The summed E-state index contributed by atoms with van der Waals surface area (Å²) in [5.41, 5.74) is 1.07. The first kappa shape index (κ1) is 13.3. The highest BCUT2D eigenvalue weighted by atomic mass is 35.5. The van der Waals surface area contributed by atoms with E-state index in [9.17, 15) is 4.79 Å². The zero-order chi connectivity index (χ0) is 10.7. The summed E-state index contributed by atoms with van der Waals surface area (Å²) in [6.07, 6.45) is 0. The lowest BCUT2D eigenvalue weighted by molar-refractivity contribution is -0.126. The molecule has 1 fully saturated rings. The average Bonchev–Trinajstić information content (AvgIpc) is 2.14. The molecule has 2 rings (SSSR count). The van der Waals surface area contributed by atoms with Gasteiger partial charge >= 0.3 is 0 Å². The van der Waals surface area contributed by atoms with E-state index < -0.39 is 0 Å². The molecular formula is C11H14Cl2N2O. The number of halogens is 2. The van der Waals surface area contributed by atoms with Gasteiger partial charge in [-0.15, -0.1) is 12.4 Å². The van der Waals surface area contributed by atoms with E-state index in [1.54, 1.807) is 0 Å². The van der Waals surface area contributed by atoms with Gasteiger partial charge < -0.3 is 10.6 Å². The van der Waals surface area contributed by atoms with Crippen LogP contribution in [0.5, 0.6) is 0 Å². The van der Waals surface area contributed by atoms with E-state index in [1.165, 1.54) is 0 Å². The molecule has 0 saturated carbocycles. The summed E-state index contributed by atoms with van der Waals surface area (Å²) in [5.74, 6) is 0.279. The SMILES string of the molecule is Cl.O=C(NCc1ccc(Cl)cc1)C1CNC1. The Morgan fingerprint density at radius 3 is 2.50 bits per heavy atom. The van der Waals surface area contributed by atoms with E-state index in [2.05, 4.69) is 10.6 Å². The number of carbonyl (C=O) groups excluding carboxylic acids is 1. The molecule has 0 atom stereocenters. The van der Waals surface area contributed by atoms with Gasteiger partial charge in [0.05, 0.1) is 5.92 Å². The van der Waals surface area contributed by atoms with Crippen molar-refractivity contribution in [3.8, 4) is 0 Å². The molecule has 2 N–H and O–H groups in total. The molecule has 88 valence electrons. The average molecular weight is 261 g/mol. The molecule has 0 aliphatic carbocycles. The second-order valence-electron chi connectivity index (χ2n) is 3.70. The number of benzene rings is 1. The Labute approximate surface area is 106 Å². The fourth-order valence-corrected chi connectivity index (χ4v) is 1.54. The van der Waals surface area contributed by atoms with Crippen LogP contribution in [0.1, 0.15) is 5.56 Å². The van der Waals surface area contributed by atoms with E-state index >= 15 is 0 Å². The number of hydrogen-bond acceptors (Lipinski definition) is 2. The first-order valence-electron chi connectivity index (χ1n) is 4.98. The van der Waals surface area contributed by atoms with Crippen LogP contribution in [0.25, 0.3) is 0 Å². The van der Waals surface area contributed by atoms with Gasteiger partial charge in [0, 0.05) is 24.7 Å². The van der Waals surface area contributed by atoms with Crippen molar-refractivity contribution in [3.05, 3.63) is 34.9 Å². The molecule has 5 heteroatoms. The van der Waals surface area contributed by atoms with Crippen LogP contribution in [0.15, 0.2) is 24.3 Å². The van der Waals surface area contributed by atoms with Crippen LogP contribution >= 0.6 is 24.0 Å². The zero-order valence-corrected chi connectivity index (χ0v) is 10.3. The van der Waals surface area contributed by atoms with E-state index in [0.717, 1.165) is 18.7 Å². The summed E-state index contributed by atoms with van der Waals surface area (Å²) in [6, 6.07) is 7.49. The third-order valence-corrected chi connectivity index (χ3v) is 2.78. The third kappa shape index (κ3) is 3.37. The molecule has 0 bridgehead atoms. The second-order valence-corrected chi connectivity index (χ2v) is 4.14. The molecule has 0 radical (unpaired) electrons. The minimum atomic E-state index is 0. The summed E-state index contributed by atoms with van der Waals surface area (Å²) in [6.45, 7) is 2.17. The number of amides is 1. The maximum atomic E-state index is 11.5. The molecule has 1 aromatic carbocycles. The van der Waals surface area contributed by atoms with Crippen LogP contribution < -0.4 is 10.6 Å². The molecule has 0 unspecified atom stereocenters. The highest BCUT2D eigenvalue weighted by molar-refractivity contribution is 6.30. The topological polar surface area (TPSA) is 41.1 Å². The maximum Gasteiger partial charge on any atom is 0.225 e. The Kier molecular flexibility index (Phi) is 5.06. The smallest absolute Gasteiger partial charge is 0.225 e. The van der Waals surface area contributed by atoms with Gasteiger partial charge in [-0.1, -0.05) is 23.7 Å². The van der Waals surface area contributed by atoms with Gasteiger partial charge in [0.1, 0.15) is 0 Å². The monoisotopic (exact) mass is 260 g/mol. The van der Waals surface area contributed by atoms with Gasteiger partial charge in [0.15, 0.2) is 0 Å². The van der Waals surface area contributed by atoms with Gasteiger partial charge in [-0.3, -0.25) is 4.79 Å². The van der Waals surface area contributed by atoms with Crippen molar-refractivity contribution in [3.63, 3.8) is 0 Å². The summed E-state index contributed by atoms with van der Waals surface area (Å²) in [5, 5.41) is 6.68. The Morgan fingerprint density at radius 1 is 1.38 bits per heavy atom. The van der Waals surface area contributed by atoms with Crippen LogP contribution in [-0.2, 0) is 11.3 Å². The van der Waals surface area contributed by atoms with Gasteiger partial charge in [-0.05, 0) is 17.7 Å². The predicted octanol–water partition coefficient (Wildman–Crippen LogP) is 1.60. The molecule has 0 aromatic heterocycles. The van der Waals surface area contributed by atoms with Crippen molar-refractivity contribution in [2.24, 2.45) is 5.92 Å². The summed E-state index contributed by atoms with van der Waals surface area (Å²) < 4.78 is 0. The molecule has 1 saturated heterocycles. The van der Waals surface area contributed by atoms with Crippen molar-refractivity contribution in [2.75, 3.05) is 13.1 Å². The first-order chi connectivity index (χ1) is 7.25. The molecule has 1 aromatic rings. The quantitative estimate of drug-likeness (QED) is 0.867. The highest BCUT2D eigenvalue weighted by Crippen LogP contribution is 2.09. The van der Waals surface area contributed by atoms with Gasteiger partial charge in [-0.2, -0.15) is 0 Å². The lowest BCUT2D eigenvalue weighted by Gasteiger charge is -2.25. The van der Waals surface area contributed by atoms with Crippen LogP contribution in [0.4, 0.5) is 0 Å². The summed E-state index contributed by atoms with van der Waals surface area (Å²) in [4.78, 5) is 11.5. The number of hydrogen-bond donors (Lipinski definition) is 2. The van der Waals surface area contributed by atoms with Gasteiger partial charge in [-0.25, -0.2) is 0 Å². The Bertz CT molecular complexity index is 350. The van der Waals surface area contributed by atoms with E-state index in [-0.39, 0.29) is 24.2 Å². The van der Waals surface area contributed by atoms with Crippen molar-refractivity contribution in [1.29, 1.82) is 0 Å². The predicted molar refractivity (Wildman–Crippen MR) is 66.9 cm³/mol. The molecule has 1 aliphatic heterocycles. The van der Waals surface area contributed by atoms with Crippen LogP contribution in [0.3, 0.4) is 0 Å². The number of nitrogens with one attached hydrogen (secondary N) is 2. The lowest BCUT2D eigenvalue weighted by atomic mass is 10.0. The minimum absolute atomic E-state index is 0. The molecule has 16 heavy (non-hydrogen) atoms. The molecular weight excluding hydrogens is 247 g/mol. The Morgan fingerprint density at radius 2 is 2.00 bits per heavy atom. The van der Waals surface area contributed by atoms with Crippen molar-refractivity contribution in [1.82, 2.24) is 10.6 Å². The first-order valence-corrected chi connectivity index (χ1v) is 5.36. The normalized spacial score (nSPS) is 14.8. The lowest BCUT2D eigenvalue weighted by Crippen LogP contribution is -2.50. The van der Waals surface area contributed by atoms with Crippen molar-refractivity contribution < 1.29 is 4.79 Å². The van der Waals surface area contributed by atoms with Crippen LogP contribution in [0, 0.1) is 5.92 Å². The maximum absolute atomic E-state index is 11.5. The number of rotatable bonds is 3.